The molecule has 2 saturated heterocycles. The smallest absolute Gasteiger partial charge is 0.257 e. The molecule has 0 aliphatic carbocycles. The summed E-state index contributed by atoms with van der Waals surface area (Å²) in [5.41, 5.74) is 3.85. The molecule has 7 nitrogen and oxygen atoms in total. The standard InChI is InChI=1S/C24H32N6O/c1-4-30-16-20(18(2)26-30)15-29-12-10-24(11-13-29)14-21(28(3)17-24)22-25-23(31-27-22)19-8-6-5-7-9-19/h5-9,16,21H,4,10-15,17H2,1-3H3. The fraction of sp³-hybridized carbons (Fsp3) is 0.542. The SMILES string of the molecule is CCn1cc(CN2CCC3(CC2)CC(c2noc(-c4ccccc4)n2)N(C)C3)c(C)n1. The highest BCUT2D eigenvalue weighted by Crippen LogP contribution is 2.48. The van der Waals surface area contributed by atoms with Crippen LogP contribution in [0.3, 0.4) is 0 Å². The Balaban J connectivity index is 1.23. The monoisotopic (exact) mass is 420 g/mol. The van der Waals surface area contributed by atoms with Crippen molar-refractivity contribution in [3.63, 3.8) is 0 Å². The van der Waals surface area contributed by atoms with E-state index in [-0.39, 0.29) is 6.04 Å². The molecule has 4 heterocycles. The molecule has 0 saturated carbocycles. The van der Waals surface area contributed by atoms with Gasteiger partial charge in [0.2, 0.25) is 0 Å². The molecule has 0 amide bonds. The fourth-order valence-electron chi connectivity index (χ4n) is 5.29. The van der Waals surface area contributed by atoms with Gasteiger partial charge >= 0.3 is 0 Å². The lowest BCUT2D eigenvalue weighted by Crippen LogP contribution is -2.40. The first-order valence-corrected chi connectivity index (χ1v) is 11.4. The van der Waals surface area contributed by atoms with Gasteiger partial charge in [0.25, 0.3) is 5.89 Å². The maximum absolute atomic E-state index is 5.59. The zero-order valence-electron chi connectivity index (χ0n) is 18.8. The number of nitrogens with zero attached hydrogens (tertiary/aromatic N) is 6. The minimum Gasteiger partial charge on any atom is -0.334 e. The van der Waals surface area contributed by atoms with Crippen molar-refractivity contribution in [3.8, 4) is 11.5 Å². The molecular formula is C24H32N6O. The molecule has 2 aliphatic rings. The highest BCUT2D eigenvalue weighted by atomic mass is 16.5. The van der Waals surface area contributed by atoms with Gasteiger partial charge in [-0.05, 0) is 70.8 Å². The molecule has 1 atom stereocenters. The van der Waals surface area contributed by atoms with E-state index in [0.29, 0.717) is 11.3 Å². The fourth-order valence-corrected chi connectivity index (χ4v) is 5.29. The molecule has 0 radical (unpaired) electrons. The van der Waals surface area contributed by atoms with Gasteiger partial charge in [0.1, 0.15) is 0 Å². The topological polar surface area (TPSA) is 63.2 Å². The summed E-state index contributed by atoms with van der Waals surface area (Å²) in [5, 5.41) is 8.95. The first-order valence-electron chi connectivity index (χ1n) is 11.4. The van der Waals surface area contributed by atoms with Crippen LogP contribution >= 0.6 is 0 Å². The van der Waals surface area contributed by atoms with Gasteiger partial charge in [-0.15, -0.1) is 0 Å². The summed E-state index contributed by atoms with van der Waals surface area (Å²) in [6.07, 6.45) is 5.76. The summed E-state index contributed by atoms with van der Waals surface area (Å²) in [7, 11) is 2.20. The third-order valence-electron chi connectivity index (χ3n) is 7.19. The van der Waals surface area contributed by atoms with Gasteiger partial charge in [-0.25, -0.2) is 0 Å². The minimum atomic E-state index is 0.234. The van der Waals surface area contributed by atoms with Crippen molar-refractivity contribution in [1.82, 2.24) is 29.7 Å². The third-order valence-corrected chi connectivity index (χ3v) is 7.19. The molecule has 1 spiro atoms. The van der Waals surface area contributed by atoms with Crippen LogP contribution in [0.4, 0.5) is 0 Å². The van der Waals surface area contributed by atoms with Gasteiger partial charge in [0.15, 0.2) is 5.82 Å². The first-order chi connectivity index (χ1) is 15.0. The second-order valence-electron chi connectivity index (χ2n) is 9.33. The molecule has 0 bridgehead atoms. The lowest BCUT2D eigenvalue weighted by atomic mass is 9.76. The largest absolute Gasteiger partial charge is 0.334 e. The van der Waals surface area contributed by atoms with Crippen molar-refractivity contribution in [3.05, 3.63) is 53.6 Å². The average Bonchev–Trinajstić information content (AvgIpc) is 3.49. The summed E-state index contributed by atoms with van der Waals surface area (Å²) >= 11 is 0. The van der Waals surface area contributed by atoms with E-state index < -0.39 is 0 Å². The Kier molecular flexibility index (Phi) is 5.40. The molecular weight excluding hydrogens is 388 g/mol. The summed E-state index contributed by atoms with van der Waals surface area (Å²) in [6.45, 7) is 9.58. The highest BCUT2D eigenvalue weighted by molar-refractivity contribution is 5.52. The van der Waals surface area contributed by atoms with Gasteiger partial charge in [-0.1, -0.05) is 23.4 Å². The Labute approximate surface area is 184 Å². The number of piperidine rings is 1. The predicted molar refractivity (Wildman–Crippen MR) is 119 cm³/mol. The summed E-state index contributed by atoms with van der Waals surface area (Å²) < 4.78 is 7.63. The molecule has 2 fully saturated rings. The second-order valence-corrected chi connectivity index (χ2v) is 9.33. The maximum Gasteiger partial charge on any atom is 0.257 e. The van der Waals surface area contributed by atoms with Crippen molar-refractivity contribution in [2.24, 2.45) is 5.41 Å². The summed E-state index contributed by atoms with van der Waals surface area (Å²) in [4.78, 5) is 9.75. The van der Waals surface area contributed by atoms with E-state index in [1.165, 1.54) is 18.4 Å². The van der Waals surface area contributed by atoms with Crippen LogP contribution in [0.2, 0.25) is 0 Å². The van der Waals surface area contributed by atoms with Crippen molar-refractivity contribution in [1.29, 1.82) is 0 Å². The number of rotatable bonds is 5. The number of benzene rings is 1. The number of likely N-dealkylation sites (tertiary alicyclic amines) is 2. The predicted octanol–water partition coefficient (Wildman–Crippen LogP) is 3.92. The van der Waals surface area contributed by atoms with Crippen LogP contribution in [0.1, 0.15) is 49.3 Å². The summed E-state index contributed by atoms with van der Waals surface area (Å²) in [6, 6.07) is 10.3. The number of aryl methyl sites for hydroxylation is 2. The Morgan fingerprint density at radius 3 is 2.65 bits per heavy atom. The minimum absolute atomic E-state index is 0.234. The lowest BCUT2D eigenvalue weighted by molar-refractivity contribution is 0.105. The van der Waals surface area contributed by atoms with E-state index in [9.17, 15) is 0 Å². The lowest BCUT2D eigenvalue weighted by Gasteiger charge is -2.39. The summed E-state index contributed by atoms with van der Waals surface area (Å²) in [5.74, 6) is 1.44. The molecule has 5 rings (SSSR count). The normalized spacial score (nSPS) is 21.8. The Morgan fingerprint density at radius 1 is 1.16 bits per heavy atom. The maximum atomic E-state index is 5.59. The number of aromatic nitrogens is 4. The van der Waals surface area contributed by atoms with Crippen LogP contribution in [-0.2, 0) is 13.1 Å². The van der Waals surface area contributed by atoms with Crippen LogP contribution in [0.15, 0.2) is 41.1 Å². The zero-order chi connectivity index (χ0) is 21.4. The highest BCUT2D eigenvalue weighted by Gasteiger charge is 2.46. The molecule has 3 aromatic rings. The van der Waals surface area contributed by atoms with E-state index in [1.54, 1.807) is 0 Å². The van der Waals surface area contributed by atoms with Crippen molar-refractivity contribution in [2.75, 3.05) is 26.7 Å². The van der Waals surface area contributed by atoms with E-state index in [0.717, 1.165) is 56.2 Å². The molecule has 1 aromatic carbocycles. The molecule has 0 N–H and O–H groups in total. The number of hydrogen-bond acceptors (Lipinski definition) is 6. The Bertz CT molecular complexity index is 1020. The van der Waals surface area contributed by atoms with Gasteiger partial charge in [-0.2, -0.15) is 10.1 Å². The first kappa shape index (κ1) is 20.4. The van der Waals surface area contributed by atoms with Crippen molar-refractivity contribution >= 4 is 0 Å². The van der Waals surface area contributed by atoms with Crippen molar-refractivity contribution < 1.29 is 4.52 Å². The average molecular weight is 421 g/mol. The molecule has 1 unspecified atom stereocenters. The van der Waals surface area contributed by atoms with Crippen molar-refractivity contribution in [2.45, 2.75) is 52.2 Å². The van der Waals surface area contributed by atoms with E-state index >= 15 is 0 Å². The quantitative estimate of drug-likeness (QED) is 0.623. The van der Waals surface area contributed by atoms with Crippen LogP contribution in [0, 0.1) is 12.3 Å². The van der Waals surface area contributed by atoms with Crippen LogP contribution < -0.4 is 0 Å². The molecule has 2 aliphatic heterocycles. The third kappa shape index (κ3) is 4.04. The van der Waals surface area contributed by atoms with Gasteiger partial charge in [-0.3, -0.25) is 14.5 Å². The molecule has 7 heteroatoms. The number of hydrogen-bond donors (Lipinski definition) is 0. The van der Waals surface area contributed by atoms with E-state index in [2.05, 4.69) is 47.1 Å². The molecule has 2 aromatic heterocycles. The Morgan fingerprint density at radius 2 is 1.94 bits per heavy atom. The molecule has 31 heavy (non-hydrogen) atoms. The van der Waals surface area contributed by atoms with Crippen LogP contribution in [-0.4, -0.2) is 56.4 Å². The zero-order valence-corrected chi connectivity index (χ0v) is 18.8. The van der Waals surface area contributed by atoms with E-state index in [1.807, 2.05) is 35.0 Å². The van der Waals surface area contributed by atoms with Gasteiger partial charge in [0, 0.05) is 37.0 Å². The Hall–Kier alpha value is -2.51. The van der Waals surface area contributed by atoms with Gasteiger partial charge < -0.3 is 4.52 Å². The van der Waals surface area contributed by atoms with E-state index in [4.69, 9.17) is 9.51 Å². The molecule has 164 valence electrons. The van der Waals surface area contributed by atoms with Gasteiger partial charge in [0.05, 0.1) is 11.7 Å². The van der Waals surface area contributed by atoms with Crippen LogP contribution in [0.5, 0.6) is 0 Å². The van der Waals surface area contributed by atoms with Crippen LogP contribution in [0.25, 0.3) is 11.5 Å². The second kappa shape index (κ2) is 8.20.